The molecule has 2 aliphatic carbocycles. The summed E-state index contributed by atoms with van der Waals surface area (Å²) in [5.74, 6) is -2.24. The minimum atomic E-state index is -3.90. The molecule has 1 saturated heterocycles. The van der Waals surface area contributed by atoms with Crippen LogP contribution in [-0.4, -0.2) is 96.7 Å². The third kappa shape index (κ3) is 8.72. The second kappa shape index (κ2) is 16.1. The summed E-state index contributed by atoms with van der Waals surface area (Å²) in [7, 11) is -3.90. The number of cyclic esters (lactones) is 1. The number of ether oxygens (including phenoxy) is 2. The van der Waals surface area contributed by atoms with Gasteiger partial charge in [-0.2, -0.15) is 0 Å². The number of nitrogens with one attached hydrogen (secondary N) is 4. The summed E-state index contributed by atoms with van der Waals surface area (Å²) < 4.78 is 39.2. The number of carbonyl (C=O) groups is 5. The molecule has 0 unspecified atom stereocenters. The lowest BCUT2D eigenvalue weighted by atomic mass is 10.0. The number of sulfonamides is 1. The van der Waals surface area contributed by atoms with Crippen molar-refractivity contribution in [2.24, 2.45) is 5.92 Å². The van der Waals surface area contributed by atoms with Crippen molar-refractivity contribution in [2.45, 2.75) is 106 Å². The number of nitrogens with zero attached hydrogens (tertiary/aromatic N) is 2. The van der Waals surface area contributed by atoms with Gasteiger partial charge in [0.15, 0.2) is 5.01 Å². The smallest absolute Gasteiger partial charge is 0.407 e. The minimum Gasteiger partial charge on any atom is -0.494 e. The molecule has 5 atom stereocenters. The number of fused-ring (bicyclic) bond motifs is 8. The lowest BCUT2D eigenvalue weighted by molar-refractivity contribution is -0.141. The van der Waals surface area contributed by atoms with Crippen LogP contribution in [0.25, 0.3) is 11.3 Å². The molecule has 4 heterocycles. The van der Waals surface area contributed by atoms with Gasteiger partial charge in [0, 0.05) is 29.4 Å². The van der Waals surface area contributed by atoms with Crippen molar-refractivity contribution in [3.8, 4) is 17.0 Å². The zero-order valence-electron chi connectivity index (χ0n) is 29.9. The highest BCUT2D eigenvalue weighted by molar-refractivity contribution is 7.91. The molecular formula is C37H46N6O9S2. The molecule has 5 aliphatic rings. The van der Waals surface area contributed by atoms with Gasteiger partial charge in [-0.1, -0.05) is 37.1 Å². The van der Waals surface area contributed by atoms with Crippen LogP contribution >= 0.6 is 11.3 Å². The molecule has 4 N–H and O–H groups in total. The molecule has 290 valence electrons. The highest BCUT2D eigenvalue weighted by atomic mass is 32.2. The van der Waals surface area contributed by atoms with Gasteiger partial charge >= 0.3 is 6.09 Å². The van der Waals surface area contributed by atoms with Gasteiger partial charge in [0.05, 0.1) is 24.2 Å². The van der Waals surface area contributed by atoms with Crippen molar-refractivity contribution in [2.75, 3.05) is 19.8 Å². The molecule has 5 amide bonds. The van der Waals surface area contributed by atoms with Gasteiger partial charge in [-0.05, 0) is 76.3 Å². The van der Waals surface area contributed by atoms with Crippen molar-refractivity contribution in [3.05, 3.63) is 46.8 Å². The number of aromatic nitrogens is 1. The number of carbonyl (C=O) groups excluding carboxylic acids is 5. The zero-order valence-corrected chi connectivity index (χ0v) is 31.6. The molecule has 7 bridgehead atoms. The topological polar surface area (TPSA) is 202 Å². The van der Waals surface area contributed by atoms with Crippen molar-refractivity contribution in [1.29, 1.82) is 0 Å². The minimum absolute atomic E-state index is 0.0106. The lowest BCUT2D eigenvalue weighted by Crippen LogP contribution is -2.58. The van der Waals surface area contributed by atoms with E-state index in [1.807, 2.05) is 36.4 Å². The van der Waals surface area contributed by atoms with E-state index >= 15 is 0 Å². The van der Waals surface area contributed by atoms with E-state index in [-0.39, 0.29) is 31.0 Å². The summed E-state index contributed by atoms with van der Waals surface area (Å²) in [6.45, 7) is 0.558. The van der Waals surface area contributed by atoms with E-state index in [9.17, 15) is 32.4 Å². The average molecular weight is 783 g/mol. The van der Waals surface area contributed by atoms with Gasteiger partial charge in [-0.3, -0.25) is 23.9 Å². The largest absolute Gasteiger partial charge is 0.494 e. The third-order valence-corrected chi connectivity index (χ3v) is 13.3. The third-order valence-electron chi connectivity index (χ3n) is 10.6. The summed E-state index contributed by atoms with van der Waals surface area (Å²) in [4.78, 5) is 74.8. The fraction of sp³-hybridized carbons (Fsp3) is 0.568. The molecule has 7 rings (SSSR count). The maximum Gasteiger partial charge on any atom is 0.407 e. The van der Waals surface area contributed by atoms with Crippen LogP contribution in [-0.2, 0) is 29.1 Å². The normalized spacial score (nSPS) is 28.6. The summed E-state index contributed by atoms with van der Waals surface area (Å²) in [5.41, 5.74) is -0.142. The van der Waals surface area contributed by atoms with E-state index in [0.717, 1.165) is 42.6 Å². The Morgan fingerprint density at radius 2 is 1.78 bits per heavy atom. The Bertz CT molecular complexity index is 1910. The van der Waals surface area contributed by atoms with Gasteiger partial charge in [-0.15, -0.1) is 11.3 Å². The summed E-state index contributed by atoms with van der Waals surface area (Å²) in [5, 5.41) is 9.84. The van der Waals surface area contributed by atoms with Crippen molar-refractivity contribution in [1.82, 2.24) is 30.6 Å². The average Bonchev–Trinajstić information content (AvgIpc) is 4.02. The number of allylic oxidation sites excluding steroid dienone is 1. The van der Waals surface area contributed by atoms with E-state index in [0.29, 0.717) is 56.6 Å². The molecule has 2 aromatic rings. The number of amides is 5. The molecule has 15 nitrogen and oxygen atoms in total. The van der Waals surface area contributed by atoms with Gasteiger partial charge < -0.3 is 30.3 Å². The van der Waals surface area contributed by atoms with Crippen LogP contribution < -0.4 is 25.4 Å². The molecule has 3 fully saturated rings. The van der Waals surface area contributed by atoms with E-state index < -0.39 is 74.6 Å². The number of hydrogen-bond donors (Lipinski definition) is 4. The van der Waals surface area contributed by atoms with Gasteiger partial charge in [0.1, 0.15) is 23.4 Å². The fourth-order valence-corrected chi connectivity index (χ4v) is 9.42. The van der Waals surface area contributed by atoms with Gasteiger partial charge in [-0.25, -0.2) is 18.2 Å². The van der Waals surface area contributed by atoms with Crippen LogP contribution in [0.1, 0.15) is 86.9 Å². The van der Waals surface area contributed by atoms with Crippen LogP contribution in [0.2, 0.25) is 0 Å². The summed E-state index contributed by atoms with van der Waals surface area (Å²) in [6, 6.07) is 4.60. The van der Waals surface area contributed by atoms with Crippen molar-refractivity contribution < 1.29 is 41.9 Å². The van der Waals surface area contributed by atoms with E-state index in [1.54, 1.807) is 5.38 Å². The van der Waals surface area contributed by atoms with Crippen molar-refractivity contribution >= 4 is 51.1 Å². The number of hydrogen-bond acceptors (Lipinski definition) is 11. The first kappa shape index (κ1) is 37.8. The number of alkyl carbamates (subject to hydrolysis) is 1. The van der Waals surface area contributed by atoms with Crippen LogP contribution in [0.3, 0.4) is 0 Å². The van der Waals surface area contributed by atoms with Crippen LogP contribution in [0, 0.1) is 5.92 Å². The van der Waals surface area contributed by atoms with Crippen LogP contribution in [0.15, 0.2) is 41.8 Å². The maximum atomic E-state index is 14.4. The van der Waals surface area contributed by atoms with Gasteiger partial charge in [0.2, 0.25) is 21.8 Å². The molecule has 0 spiro atoms. The number of rotatable bonds is 3. The Hall–Kier alpha value is -4.51. The van der Waals surface area contributed by atoms with Crippen LogP contribution in [0.5, 0.6) is 5.75 Å². The molecule has 54 heavy (non-hydrogen) atoms. The second-order valence-electron chi connectivity index (χ2n) is 14.7. The Kier molecular flexibility index (Phi) is 11.2. The maximum absolute atomic E-state index is 14.4. The predicted octanol–water partition coefficient (Wildman–Crippen LogP) is 3.17. The molecule has 0 radical (unpaired) electrons. The quantitative estimate of drug-likeness (QED) is 0.335. The highest BCUT2D eigenvalue weighted by Gasteiger charge is 2.62. The fourth-order valence-electron chi connectivity index (χ4n) is 7.33. The van der Waals surface area contributed by atoms with E-state index in [2.05, 4.69) is 25.7 Å². The molecular weight excluding hydrogens is 737 g/mol. The van der Waals surface area contributed by atoms with Gasteiger partial charge in [0.25, 0.3) is 11.8 Å². The second-order valence-corrected chi connectivity index (χ2v) is 17.6. The molecule has 1 aromatic heterocycles. The first-order chi connectivity index (χ1) is 26.0. The Balaban J connectivity index is 1.17. The molecule has 1 aromatic carbocycles. The van der Waals surface area contributed by atoms with E-state index in [4.69, 9.17) is 9.47 Å². The van der Waals surface area contributed by atoms with Crippen molar-refractivity contribution in [3.63, 3.8) is 0 Å². The molecule has 17 heteroatoms. The summed E-state index contributed by atoms with van der Waals surface area (Å²) in [6.07, 6.45) is 9.35. The number of thiazole rings is 1. The van der Waals surface area contributed by atoms with Crippen LogP contribution in [0.4, 0.5) is 4.79 Å². The first-order valence-corrected chi connectivity index (χ1v) is 21.2. The van der Waals surface area contributed by atoms with E-state index in [1.165, 1.54) is 4.90 Å². The molecule has 2 saturated carbocycles. The lowest BCUT2D eigenvalue weighted by Gasteiger charge is -2.30. The standard InChI is InChI=1S/C37H46N6O9S2/c44-31-30-19-25-21-43(30)34(46)28(13-6-3-1-2-5-11-24-20-37(24,41-31)35(47)42-54(49,50)27-14-15-27)40-36(48)52-17-8-4-7-16-51-26-12-9-10-23(18-26)29-22-53-33(39-29)32(45)38-25/h5,9-12,18,22,24-25,27-28,30H,1-4,6-8,13-17,19-21H2,(H,38,45)(H,40,48)(H,41,44)(H,42,47)/t24-,25-,28+,30+,37-/m1/s1. The Morgan fingerprint density at radius 1 is 0.981 bits per heavy atom. The Morgan fingerprint density at radius 3 is 2.59 bits per heavy atom. The zero-order chi connectivity index (χ0) is 37.9. The monoisotopic (exact) mass is 782 g/mol. The predicted molar refractivity (Wildman–Crippen MR) is 198 cm³/mol. The Labute approximate surface area is 318 Å². The molecule has 3 aliphatic heterocycles. The number of benzene rings is 1. The highest BCUT2D eigenvalue weighted by Crippen LogP contribution is 2.46. The SMILES string of the molecule is O=C1N[C@H]2CCCCCC=C[C@@H]3C[C@@]3(C(=O)NS(=O)(=O)C3CC3)NC(=O)[C@@H]3C[C@H](CN3C2=O)NC(=O)c2nc(cs2)-c2cccc(c2)OCCCCCO1. The summed E-state index contributed by atoms with van der Waals surface area (Å²) >= 11 is 1.16. The first-order valence-electron chi connectivity index (χ1n) is 18.8.